The third kappa shape index (κ3) is 3.22. The Morgan fingerprint density at radius 1 is 0.640 bits per heavy atom. The quantitative estimate of drug-likeness (QED) is 0.574. The molecule has 0 aromatic heterocycles. The summed E-state index contributed by atoms with van der Waals surface area (Å²) in [6, 6.07) is 28.2. The SMILES string of the molecule is O=C1/C(=C\c2ccccc2)c2ccccc2C/C1=C\c1ccccc1. The van der Waals surface area contributed by atoms with E-state index in [1.165, 1.54) is 5.56 Å². The van der Waals surface area contributed by atoms with Gasteiger partial charge in [0.1, 0.15) is 0 Å². The molecule has 120 valence electrons. The molecule has 3 aromatic carbocycles. The minimum absolute atomic E-state index is 0.117. The van der Waals surface area contributed by atoms with Crippen molar-refractivity contribution in [2.24, 2.45) is 0 Å². The van der Waals surface area contributed by atoms with Gasteiger partial charge >= 0.3 is 0 Å². The molecule has 0 N–H and O–H groups in total. The van der Waals surface area contributed by atoms with Gasteiger partial charge in [-0.2, -0.15) is 0 Å². The van der Waals surface area contributed by atoms with Gasteiger partial charge in [0, 0.05) is 17.6 Å². The van der Waals surface area contributed by atoms with E-state index in [-0.39, 0.29) is 5.78 Å². The molecule has 0 amide bonds. The molecule has 0 heterocycles. The Hall–Kier alpha value is -3.19. The maximum Gasteiger partial charge on any atom is 0.189 e. The third-order valence-corrected chi connectivity index (χ3v) is 4.48. The smallest absolute Gasteiger partial charge is 0.189 e. The van der Waals surface area contributed by atoms with Gasteiger partial charge in [-0.3, -0.25) is 4.79 Å². The summed E-state index contributed by atoms with van der Waals surface area (Å²) in [5, 5.41) is 0. The molecular weight excluding hydrogens is 304 g/mol. The Morgan fingerprint density at radius 3 is 1.88 bits per heavy atom. The zero-order valence-corrected chi connectivity index (χ0v) is 13.9. The van der Waals surface area contributed by atoms with E-state index in [4.69, 9.17) is 0 Å². The van der Waals surface area contributed by atoms with E-state index in [0.717, 1.165) is 27.8 Å². The molecule has 3 aromatic rings. The molecule has 1 aliphatic carbocycles. The van der Waals surface area contributed by atoms with Crippen LogP contribution in [0.1, 0.15) is 22.3 Å². The highest BCUT2D eigenvalue weighted by Gasteiger charge is 2.25. The fourth-order valence-electron chi connectivity index (χ4n) is 3.24. The zero-order chi connectivity index (χ0) is 17.1. The van der Waals surface area contributed by atoms with Crippen LogP contribution in [0.25, 0.3) is 17.7 Å². The second-order valence-corrected chi connectivity index (χ2v) is 6.21. The van der Waals surface area contributed by atoms with Crippen molar-refractivity contribution in [3.05, 3.63) is 113 Å². The van der Waals surface area contributed by atoms with Crippen LogP contribution in [-0.2, 0) is 11.2 Å². The van der Waals surface area contributed by atoms with E-state index in [0.29, 0.717) is 6.42 Å². The second-order valence-electron chi connectivity index (χ2n) is 6.21. The van der Waals surface area contributed by atoms with Crippen LogP contribution in [0.3, 0.4) is 0 Å². The van der Waals surface area contributed by atoms with Crippen molar-refractivity contribution in [3.63, 3.8) is 0 Å². The van der Waals surface area contributed by atoms with Gasteiger partial charge in [-0.05, 0) is 34.4 Å². The highest BCUT2D eigenvalue weighted by molar-refractivity contribution is 6.35. The number of Topliss-reactive ketones (excluding diaryl/α,β-unsaturated/α-hetero) is 1. The Balaban J connectivity index is 1.84. The first-order valence-electron chi connectivity index (χ1n) is 8.46. The minimum Gasteiger partial charge on any atom is -0.289 e. The van der Waals surface area contributed by atoms with Crippen LogP contribution in [0.4, 0.5) is 0 Å². The lowest BCUT2D eigenvalue weighted by molar-refractivity contribution is -0.110. The number of carbonyl (C=O) groups is 1. The Kier molecular flexibility index (Phi) is 4.14. The lowest BCUT2D eigenvalue weighted by atomic mass is 9.81. The van der Waals surface area contributed by atoms with Crippen molar-refractivity contribution in [3.8, 4) is 0 Å². The van der Waals surface area contributed by atoms with Gasteiger partial charge in [-0.15, -0.1) is 0 Å². The predicted molar refractivity (Wildman–Crippen MR) is 104 cm³/mol. The summed E-state index contributed by atoms with van der Waals surface area (Å²) in [7, 11) is 0. The molecule has 0 saturated heterocycles. The van der Waals surface area contributed by atoms with Crippen LogP contribution >= 0.6 is 0 Å². The van der Waals surface area contributed by atoms with Gasteiger partial charge in [-0.1, -0.05) is 84.9 Å². The standard InChI is InChI=1S/C24H18O/c25-24-21(15-18-9-3-1-4-10-18)17-20-13-7-8-14-22(20)23(24)16-19-11-5-2-6-12-19/h1-16H,17H2/b21-15+,23-16-. The van der Waals surface area contributed by atoms with E-state index >= 15 is 0 Å². The molecule has 25 heavy (non-hydrogen) atoms. The molecule has 1 aliphatic rings. The van der Waals surface area contributed by atoms with Gasteiger partial charge in [0.25, 0.3) is 0 Å². The maximum atomic E-state index is 13.2. The zero-order valence-electron chi connectivity index (χ0n) is 13.9. The highest BCUT2D eigenvalue weighted by Crippen LogP contribution is 2.33. The lowest BCUT2D eigenvalue weighted by Crippen LogP contribution is -2.15. The van der Waals surface area contributed by atoms with Crippen LogP contribution in [0.5, 0.6) is 0 Å². The number of benzene rings is 3. The molecule has 0 saturated carbocycles. The van der Waals surface area contributed by atoms with Gasteiger partial charge in [-0.25, -0.2) is 0 Å². The number of hydrogen-bond acceptors (Lipinski definition) is 1. The predicted octanol–water partition coefficient (Wildman–Crippen LogP) is 5.44. The summed E-state index contributed by atoms with van der Waals surface area (Å²) in [4.78, 5) is 13.2. The Morgan fingerprint density at radius 2 is 1.20 bits per heavy atom. The Labute approximate surface area is 148 Å². The number of carbonyl (C=O) groups excluding carboxylic acids is 1. The van der Waals surface area contributed by atoms with Crippen molar-refractivity contribution in [2.75, 3.05) is 0 Å². The number of fused-ring (bicyclic) bond motifs is 1. The monoisotopic (exact) mass is 322 g/mol. The average Bonchev–Trinajstić information content (AvgIpc) is 2.67. The van der Waals surface area contributed by atoms with Gasteiger partial charge in [0.05, 0.1) is 0 Å². The second kappa shape index (κ2) is 6.74. The van der Waals surface area contributed by atoms with Crippen molar-refractivity contribution < 1.29 is 4.79 Å². The normalized spacial score (nSPS) is 16.9. The molecule has 0 unspecified atom stereocenters. The molecule has 0 atom stereocenters. The van der Waals surface area contributed by atoms with Crippen molar-refractivity contribution in [1.29, 1.82) is 0 Å². The number of hydrogen-bond donors (Lipinski definition) is 0. The third-order valence-electron chi connectivity index (χ3n) is 4.48. The van der Waals surface area contributed by atoms with Crippen LogP contribution in [0.2, 0.25) is 0 Å². The van der Waals surface area contributed by atoms with Gasteiger partial charge in [0.2, 0.25) is 0 Å². The van der Waals surface area contributed by atoms with Crippen LogP contribution in [0, 0.1) is 0 Å². The molecule has 0 aliphatic heterocycles. The summed E-state index contributed by atoms with van der Waals surface area (Å²) in [5.74, 6) is 0.117. The number of rotatable bonds is 2. The van der Waals surface area contributed by atoms with E-state index in [1.807, 2.05) is 91.0 Å². The van der Waals surface area contributed by atoms with E-state index < -0.39 is 0 Å². The average molecular weight is 322 g/mol. The molecular formula is C24H18O. The molecule has 0 fully saturated rings. The molecule has 1 nitrogen and oxygen atoms in total. The first kappa shape index (κ1) is 15.3. The summed E-state index contributed by atoms with van der Waals surface area (Å²) >= 11 is 0. The summed E-state index contributed by atoms with van der Waals surface area (Å²) in [6.07, 6.45) is 4.69. The van der Waals surface area contributed by atoms with E-state index in [9.17, 15) is 4.79 Å². The van der Waals surface area contributed by atoms with Crippen LogP contribution in [0.15, 0.2) is 90.5 Å². The fraction of sp³-hybridized carbons (Fsp3) is 0.0417. The first-order valence-corrected chi connectivity index (χ1v) is 8.46. The first-order chi connectivity index (χ1) is 12.3. The van der Waals surface area contributed by atoms with E-state index in [2.05, 4.69) is 6.07 Å². The minimum atomic E-state index is 0.117. The summed E-state index contributed by atoms with van der Waals surface area (Å²) in [6.45, 7) is 0. The van der Waals surface area contributed by atoms with Crippen molar-refractivity contribution >= 4 is 23.5 Å². The molecule has 1 heteroatoms. The fourth-order valence-corrected chi connectivity index (χ4v) is 3.24. The van der Waals surface area contributed by atoms with E-state index in [1.54, 1.807) is 0 Å². The topological polar surface area (TPSA) is 17.1 Å². The largest absolute Gasteiger partial charge is 0.289 e. The van der Waals surface area contributed by atoms with Crippen molar-refractivity contribution in [1.82, 2.24) is 0 Å². The molecule has 0 spiro atoms. The number of ketones is 1. The molecule has 4 rings (SSSR count). The molecule has 0 radical (unpaired) electrons. The Bertz CT molecular complexity index is 963. The summed E-state index contributed by atoms with van der Waals surface area (Å²) < 4.78 is 0. The van der Waals surface area contributed by atoms with Crippen LogP contribution in [-0.4, -0.2) is 5.78 Å². The highest BCUT2D eigenvalue weighted by atomic mass is 16.1. The summed E-state index contributed by atoms with van der Waals surface area (Å²) in [5.41, 5.74) is 5.96. The van der Waals surface area contributed by atoms with Gasteiger partial charge in [0.15, 0.2) is 5.78 Å². The van der Waals surface area contributed by atoms with Crippen molar-refractivity contribution in [2.45, 2.75) is 6.42 Å². The molecule has 0 bridgehead atoms. The number of allylic oxidation sites excluding steroid dienone is 2. The van der Waals surface area contributed by atoms with Gasteiger partial charge < -0.3 is 0 Å². The van der Waals surface area contributed by atoms with Crippen LogP contribution < -0.4 is 0 Å². The maximum absolute atomic E-state index is 13.2. The lowest BCUT2D eigenvalue weighted by Gasteiger charge is -2.21.